The Kier molecular flexibility index (Phi) is 4.52. The number of nitrogens with one attached hydrogen (secondary N) is 1. The van der Waals surface area contributed by atoms with Crippen LogP contribution in [0.2, 0.25) is 0 Å². The minimum atomic E-state index is -0.743. The quantitative estimate of drug-likeness (QED) is 0.513. The molecule has 0 aliphatic carbocycles. The number of nitrogens with zero attached hydrogens (tertiary/aromatic N) is 2. The Bertz CT molecular complexity index is 1100. The van der Waals surface area contributed by atoms with Gasteiger partial charge in [-0.1, -0.05) is 30.3 Å². The minimum Gasteiger partial charge on any atom is -0.500 e. The molecule has 1 amide bonds. The highest BCUT2D eigenvalue weighted by molar-refractivity contribution is 6.12. The second-order valence-electron chi connectivity index (χ2n) is 6.45. The smallest absolute Gasteiger partial charge is 0.315 e. The Morgan fingerprint density at radius 1 is 1.10 bits per heavy atom. The maximum atomic E-state index is 13.3. The summed E-state index contributed by atoms with van der Waals surface area (Å²) in [7, 11) is 1.31. The van der Waals surface area contributed by atoms with Crippen molar-refractivity contribution in [3.05, 3.63) is 88.0 Å². The molecule has 1 heterocycles. The maximum Gasteiger partial charge on any atom is 0.315 e. The average molecular weight is 391 g/mol. The van der Waals surface area contributed by atoms with Gasteiger partial charge in [0.05, 0.1) is 17.6 Å². The fourth-order valence-corrected chi connectivity index (χ4v) is 3.41. The number of para-hydroxylation sites is 2. The SMILES string of the molecule is COc1cc([C@@H]2Nc3ccccc3C(=O)N2c2ccccc2)cc([N+](=O)[O-])c1O. The maximum absolute atomic E-state index is 13.3. The second kappa shape index (κ2) is 7.16. The molecular weight excluding hydrogens is 374 g/mol. The third-order valence-corrected chi connectivity index (χ3v) is 4.77. The zero-order valence-corrected chi connectivity index (χ0v) is 15.4. The topological polar surface area (TPSA) is 105 Å². The summed E-state index contributed by atoms with van der Waals surface area (Å²) >= 11 is 0. The molecule has 29 heavy (non-hydrogen) atoms. The van der Waals surface area contributed by atoms with Gasteiger partial charge >= 0.3 is 5.69 Å². The predicted octanol–water partition coefficient (Wildman–Crippen LogP) is 4.08. The fourth-order valence-electron chi connectivity index (χ4n) is 3.41. The standard InChI is InChI=1S/C21H17N3O5/c1-29-18-12-13(11-17(19(18)25)24(27)28)20-22-16-10-6-5-9-15(16)21(26)23(20)14-7-3-2-4-8-14/h2-12,20,22,25H,1H3/t20-/m1/s1. The largest absolute Gasteiger partial charge is 0.500 e. The zero-order chi connectivity index (χ0) is 20.5. The number of aromatic hydroxyl groups is 1. The van der Waals surface area contributed by atoms with E-state index in [1.165, 1.54) is 24.1 Å². The van der Waals surface area contributed by atoms with Gasteiger partial charge in [-0.15, -0.1) is 0 Å². The number of hydrogen-bond acceptors (Lipinski definition) is 6. The molecule has 0 unspecified atom stereocenters. The van der Waals surface area contributed by atoms with Crippen molar-refractivity contribution < 1.29 is 19.6 Å². The molecule has 1 atom stereocenters. The van der Waals surface area contributed by atoms with E-state index in [2.05, 4.69) is 5.32 Å². The van der Waals surface area contributed by atoms with Crippen molar-refractivity contribution in [2.45, 2.75) is 6.17 Å². The lowest BCUT2D eigenvalue weighted by Gasteiger charge is -2.38. The van der Waals surface area contributed by atoms with E-state index in [1.54, 1.807) is 48.5 Å². The van der Waals surface area contributed by atoms with E-state index in [4.69, 9.17) is 4.74 Å². The first-order valence-corrected chi connectivity index (χ1v) is 8.80. The van der Waals surface area contributed by atoms with Gasteiger partial charge in [-0.3, -0.25) is 19.8 Å². The van der Waals surface area contributed by atoms with E-state index in [0.717, 1.165) is 0 Å². The fraction of sp³-hybridized carbons (Fsp3) is 0.0952. The number of methoxy groups -OCH3 is 1. The third kappa shape index (κ3) is 3.10. The normalized spacial score (nSPS) is 15.4. The summed E-state index contributed by atoms with van der Waals surface area (Å²) in [4.78, 5) is 25.6. The van der Waals surface area contributed by atoms with Gasteiger partial charge in [-0.25, -0.2) is 0 Å². The number of benzene rings is 3. The van der Waals surface area contributed by atoms with Crippen LogP contribution >= 0.6 is 0 Å². The molecule has 0 saturated heterocycles. The van der Waals surface area contributed by atoms with Gasteiger partial charge < -0.3 is 15.2 Å². The Morgan fingerprint density at radius 2 is 1.79 bits per heavy atom. The Labute approximate surface area is 166 Å². The van der Waals surface area contributed by atoms with Crippen LogP contribution in [0.1, 0.15) is 22.1 Å². The summed E-state index contributed by atoms with van der Waals surface area (Å²) in [5, 5.41) is 24.8. The zero-order valence-electron chi connectivity index (χ0n) is 15.4. The first kappa shape index (κ1) is 18.3. The van der Waals surface area contributed by atoms with Gasteiger partial charge in [-0.05, 0) is 30.3 Å². The number of rotatable bonds is 4. The molecule has 146 valence electrons. The number of amides is 1. The number of ether oxygens (including phenoxy) is 1. The molecule has 1 aliphatic rings. The van der Waals surface area contributed by atoms with E-state index < -0.39 is 22.5 Å². The molecule has 3 aromatic rings. The summed E-state index contributed by atoms with van der Waals surface area (Å²) in [6.45, 7) is 0. The van der Waals surface area contributed by atoms with E-state index >= 15 is 0 Å². The predicted molar refractivity (Wildman–Crippen MR) is 107 cm³/mol. The summed E-state index contributed by atoms with van der Waals surface area (Å²) in [6.07, 6.45) is -0.743. The second-order valence-corrected chi connectivity index (χ2v) is 6.45. The van der Waals surface area contributed by atoms with Crippen LogP contribution in [0.3, 0.4) is 0 Å². The molecule has 0 fully saturated rings. The van der Waals surface area contributed by atoms with Crippen molar-refractivity contribution in [1.82, 2.24) is 0 Å². The number of anilines is 2. The van der Waals surface area contributed by atoms with Crippen molar-refractivity contribution in [2.75, 3.05) is 17.3 Å². The minimum absolute atomic E-state index is 0.0460. The van der Waals surface area contributed by atoms with Crippen LogP contribution in [0.4, 0.5) is 17.1 Å². The highest BCUT2D eigenvalue weighted by atomic mass is 16.6. The molecule has 0 spiro atoms. The molecule has 8 heteroatoms. The van der Waals surface area contributed by atoms with Crippen molar-refractivity contribution in [1.29, 1.82) is 0 Å². The molecule has 0 radical (unpaired) electrons. The first-order valence-electron chi connectivity index (χ1n) is 8.80. The van der Waals surface area contributed by atoms with Gasteiger partial charge in [0.25, 0.3) is 5.91 Å². The summed E-state index contributed by atoms with van der Waals surface area (Å²) in [5.74, 6) is -0.851. The number of phenols is 1. The average Bonchev–Trinajstić information content (AvgIpc) is 2.74. The molecule has 2 N–H and O–H groups in total. The number of fused-ring (bicyclic) bond motifs is 1. The van der Waals surface area contributed by atoms with Crippen LogP contribution in [0.15, 0.2) is 66.7 Å². The lowest BCUT2D eigenvalue weighted by Crippen LogP contribution is -2.43. The van der Waals surface area contributed by atoms with Crippen LogP contribution in [-0.4, -0.2) is 23.0 Å². The first-order chi connectivity index (χ1) is 14.0. The summed E-state index contributed by atoms with van der Waals surface area (Å²) < 4.78 is 5.12. The van der Waals surface area contributed by atoms with Crippen molar-refractivity contribution in [3.63, 3.8) is 0 Å². The molecule has 1 aliphatic heterocycles. The van der Waals surface area contributed by atoms with Gasteiger partial charge in [0.1, 0.15) is 6.17 Å². The number of hydrogen-bond donors (Lipinski definition) is 2. The molecule has 3 aromatic carbocycles. The number of carbonyl (C=O) groups excluding carboxylic acids is 1. The van der Waals surface area contributed by atoms with Crippen LogP contribution < -0.4 is 15.0 Å². The number of nitro benzene ring substituents is 1. The number of phenolic OH excluding ortho intramolecular Hbond substituents is 1. The van der Waals surface area contributed by atoms with Gasteiger partial charge in [-0.2, -0.15) is 0 Å². The van der Waals surface area contributed by atoms with E-state index in [0.29, 0.717) is 22.5 Å². The lowest BCUT2D eigenvalue weighted by molar-refractivity contribution is -0.386. The number of carbonyl (C=O) groups is 1. The van der Waals surface area contributed by atoms with Gasteiger partial charge in [0, 0.05) is 23.0 Å². The monoisotopic (exact) mass is 391 g/mol. The lowest BCUT2D eigenvalue weighted by atomic mass is 10.0. The molecule has 4 rings (SSSR count). The van der Waals surface area contributed by atoms with E-state index in [-0.39, 0.29) is 11.7 Å². The van der Waals surface area contributed by atoms with Crippen LogP contribution in [0.5, 0.6) is 11.5 Å². The molecule has 8 nitrogen and oxygen atoms in total. The van der Waals surface area contributed by atoms with Crippen LogP contribution in [-0.2, 0) is 0 Å². The van der Waals surface area contributed by atoms with Gasteiger partial charge in [0.2, 0.25) is 5.75 Å². The Morgan fingerprint density at radius 3 is 2.48 bits per heavy atom. The van der Waals surface area contributed by atoms with Crippen LogP contribution in [0.25, 0.3) is 0 Å². The third-order valence-electron chi connectivity index (χ3n) is 4.77. The molecule has 0 saturated carbocycles. The Balaban J connectivity index is 1.92. The van der Waals surface area contributed by atoms with E-state index in [9.17, 15) is 20.0 Å². The highest BCUT2D eigenvalue weighted by Crippen LogP contribution is 2.42. The van der Waals surface area contributed by atoms with Crippen molar-refractivity contribution >= 4 is 23.0 Å². The van der Waals surface area contributed by atoms with Gasteiger partial charge in [0.15, 0.2) is 5.75 Å². The number of nitro groups is 1. The summed E-state index contributed by atoms with van der Waals surface area (Å²) in [5.41, 5.74) is 1.63. The molecule has 0 aromatic heterocycles. The Hall–Kier alpha value is -4.07. The summed E-state index contributed by atoms with van der Waals surface area (Å²) in [6, 6.07) is 18.8. The molecule has 0 bridgehead atoms. The highest BCUT2D eigenvalue weighted by Gasteiger charge is 2.35. The van der Waals surface area contributed by atoms with Crippen molar-refractivity contribution in [2.24, 2.45) is 0 Å². The van der Waals surface area contributed by atoms with Crippen molar-refractivity contribution in [3.8, 4) is 11.5 Å². The molecular formula is C21H17N3O5. The van der Waals surface area contributed by atoms with E-state index in [1.807, 2.05) is 6.07 Å². The van der Waals surface area contributed by atoms with Crippen LogP contribution in [0, 0.1) is 10.1 Å².